The minimum Gasteiger partial charge on any atom is -0.481 e. The predicted molar refractivity (Wildman–Crippen MR) is 85.5 cm³/mol. The van der Waals surface area contributed by atoms with Crippen molar-refractivity contribution in [3.8, 4) is 0 Å². The topological polar surface area (TPSA) is 83.5 Å². The summed E-state index contributed by atoms with van der Waals surface area (Å²) in [5.41, 5.74) is 2.49. The van der Waals surface area contributed by atoms with Crippen molar-refractivity contribution in [3.05, 3.63) is 52.4 Å². The largest absolute Gasteiger partial charge is 0.481 e. The molecule has 0 amide bonds. The number of sulfonamides is 1. The molecular formula is C15H17NO4S2. The van der Waals surface area contributed by atoms with Gasteiger partial charge in [-0.3, -0.25) is 4.79 Å². The first-order valence-corrected chi connectivity index (χ1v) is 9.08. The molecule has 1 heterocycles. The van der Waals surface area contributed by atoms with Crippen LogP contribution >= 0.6 is 11.3 Å². The molecule has 118 valence electrons. The number of aliphatic carboxylic acids is 1. The van der Waals surface area contributed by atoms with Crippen LogP contribution in [-0.4, -0.2) is 19.5 Å². The predicted octanol–water partition coefficient (Wildman–Crippen LogP) is 2.55. The van der Waals surface area contributed by atoms with Crippen LogP contribution in [0.25, 0.3) is 0 Å². The highest BCUT2D eigenvalue weighted by molar-refractivity contribution is 7.91. The van der Waals surface area contributed by atoms with E-state index in [0.717, 1.165) is 16.7 Å². The van der Waals surface area contributed by atoms with Gasteiger partial charge in [0.2, 0.25) is 0 Å². The molecular weight excluding hydrogens is 322 g/mol. The molecule has 5 nitrogen and oxygen atoms in total. The van der Waals surface area contributed by atoms with Crippen molar-refractivity contribution in [1.29, 1.82) is 0 Å². The Balaban J connectivity index is 1.97. The lowest BCUT2D eigenvalue weighted by Crippen LogP contribution is -2.22. The van der Waals surface area contributed by atoms with Crippen molar-refractivity contribution in [3.63, 3.8) is 0 Å². The van der Waals surface area contributed by atoms with Crippen LogP contribution < -0.4 is 4.72 Å². The summed E-state index contributed by atoms with van der Waals surface area (Å²) in [6.45, 7) is 1.97. The molecule has 1 aromatic carbocycles. The van der Waals surface area contributed by atoms with Crippen LogP contribution in [0.4, 0.5) is 0 Å². The minimum atomic E-state index is -3.49. The number of thiophene rings is 1. The third-order valence-electron chi connectivity index (χ3n) is 3.18. The summed E-state index contributed by atoms with van der Waals surface area (Å²) in [5.74, 6) is -0.830. The first kappa shape index (κ1) is 16.7. The van der Waals surface area contributed by atoms with E-state index < -0.39 is 16.0 Å². The summed E-state index contributed by atoms with van der Waals surface area (Å²) in [6.07, 6.45) is 0.555. The van der Waals surface area contributed by atoms with Crippen molar-refractivity contribution < 1.29 is 18.3 Å². The molecule has 22 heavy (non-hydrogen) atoms. The van der Waals surface area contributed by atoms with Crippen LogP contribution in [-0.2, 0) is 27.8 Å². The van der Waals surface area contributed by atoms with Crippen molar-refractivity contribution in [2.24, 2.45) is 0 Å². The number of carbonyl (C=O) groups is 1. The lowest BCUT2D eigenvalue weighted by molar-refractivity contribution is -0.136. The Morgan fingerprint density at radius 3 is 2.36 bits per heavy atom. The van der Waals surface area contributed by atoms with Crippen LogP contribution in [0.15, 0.2) is 39.9 Å². The highest BCUT2D eigenvalue weighted by Gasteiger charge is 2.17. The smallest absolute Gasteiger partial charge is 0.303 e. The Morgan fingerprint density at radius 1 is 1.18 bits per heavy atom. The zero-order chi connectivity index (χ0) is 16.2. The fourth-order valence-corrected chi connectivity index (χ4v) is 4.43. The Morgan fingerprint density at radius 2 is 1.82 bits per heavy atom. The van der Waals surface area contributed by atoms with Crippen LogP contribution in [0.5, 0.6) is 0 Å². The van der Waals surface area contributed by atoms with Gasteiger partial charge in [-0.25, -0.2) is 13.1 Å². The fraction of sp³-hybridized carbons (Fsp3) is 0.267. The maximum Gasteiger partial charge on any atom is 0.303 e. The van der Waals surface area contributed by atoms with Crippen molar-refractivity contribution >= 4 is 27.3 Å². The molecule has 0 aliphatic carbocycles. The second-order valence-corrected chi connectivity index (χ2v) is 7.80. The van der Waals surface area contributed by atoms with E-state index in [2.05, 4.69) is 4.72 Å². The van der Waals surface area contributed by atoms with Crippen LogP contribution in [0.1, 0.15) is 23.1 Å². The normalized spacial score (nSPS) is 11.5. The quantitative estimate of drug-likeness (QED) is 0.812. The van der Waals surface area contributed by atoms with Gasteiger partial charge in [0.05, 0.1) is 0 Å². The molecule has 7 heteroatoms. The average Bonchev–Trinajstić information content (AvgIpc) is 2.91. The van der Waals surface area contributed by atoms with E-state index in [4.69, 9.17) is 5.11 Å². The molecule has 0 aliphatic rings. The molecule has 2 aromatic rings. The van der Waals surface area contributed by atoms with E-state index in [1.165, 1.54) is 11.3 Å². The summed E-state index contributed by atoms with van der Waals surface area (Å²) in [6, 6.07) is 9.03. The molecule has 0 unspecified atom stereocenters. The highest BCUT2D eigenvalue weighted by atomic mass is 32.2. The fourth-order valence-electron chi connectivity index (χ4n) is 1.95. The molecule has 0 atom stereocenters. The SMILES string of the molecule is Cc1ccsc1S(=O)(=O)NCc1ccc(CCC(=O)O)cc1. The second-order valence-electron chi connectivity index (χ2n) is 4.93. The molecule has 0 saturated heterocycles. The van der Waals surface area contributed by atoms with Gasteiger partial charge in [-0.1, -0.05) is 24.3 Å². The van der Waals surface area contributed by atoms with Gasteiger partial charge in [0, 0.05) is 13.0 Å². The van der Waals surface area contributed by atoms with Gasteiger partial charge in [-0.05, 0) is 41.5 Å². The number of rotatable bonds is 7. The summed E-state index contributed by atoms with van der Waals surface area (Å²) >= 11 is 1.20. The monoisotopic (exact) mass is 339 g/mol. The molecule has 2 rings (SSSR count). The lowest BCUT2D eigenvalue weighted by Gasteiger charge is -2.07. The lowest BCUT2D eigenvalue weighted by atomic mass is 10.1. The number of benzene rings is 1. The minimum absolute atomic E-state index is 0.0869. The Labute approximate surface area is 133 Å². The number of hydrogen-bond donors (Lipinski definition) is 2. The molecule has 0 radical (unpaired) electrons. The van der Waals surface area contributed by atoms with Gasteiger partial charge < -0.3 is 5.11 Å². The van der Waals surface area contributed by atoms with Gasteiger partial charge in [0.1, 0.15) is 4.21 Å². The number of carboxylic acid groups (broad SMARTS) is 1. The van der Waals surface area contributed by atoms with E-state index in [1.807, 2.05) is 12.1 Å². The van der Waals surface area contributed by atoms with Crippen LogP contribution in [0.3, 0.4) is 0 Å². The van der Waals surface area contributed by atoms with Gasteiger partial charge in [0.25, 0.3) is 10.0 Å². The van der Waals surface area contributed by atoms with Crippen molar-refractivity contribution in [1.82, 2.24) is 4.72 Å². The summed E-state index contributed by atoms with van der Waals surface area (Å²) in [5, 5.41) is 10.4. The van der Waals surface area contributed by atoms with Crippen molar-refractivity contribution in [2.45, 2.75) is 30.5 Å². The molecule has 0 fully saturated rings. The third kappa shape index (κ3) is 4.40. The first-order valence-electron chi connectivity index (χ1n) is 6.72. The van der Waals surface area contributed by atoms with Crippen LogP contribution in [0.2, 0.25) is 0 Å². The van der Waals surface area contributed by atoms with Gasteiger partial charge in [-0.15, -0.1) is 11.3 Å². The standard InChI is InChI=1S/C15H17NO4S2/c1-11-8-9-21-15(11)22(19,20)16-10-13-4-2-12(3-5-13)6-7-14(17)18/h2-5,8-9,16H,6-7,10H2,1H3,(H,17,18). The number of carboxylic acids is 1. The van der Waals surface area contributed by atoms with Gasteiger partial charge >= 0.3 is 5.97 Å². The van der Waals surface area contributed by atoms with E-state index in [-0.39, 0.29) is 13.0 Å². The van der Waals surface area contributed by atoms with E-state index in [0.29, 0.717) is 10.6 Å². The summed E-state index contributed by atoms with van der Waals surface area (Å²) < 4.78 is 27.2. The molecule has 0 aliphatic heterocycles. The highest BCUT2D eigenvalue weighted by Crippen LogP contribution is 2.21. The van der Waals surface area contributed by atoms with Crippen molar-refractivity contribution in [2.75, 3.05) is 0 Å². The third-order valence-corrected chi connectivity index (χ3v) is 6.27. The summed E-state index contributed by atoms with van der Waals surface area (Å²) in [4.78, 5) is 10.5. The van der Waals surface area contributed by atoms with Crippen LogP contribution in [0, 0.1) is 6.92 Å². The number of nitrogens with one attached hydrogen (secondary N) is 1. The Hall–Kier alpha value is -1.70. The molecule has 0 saturated carbocycles. The first-order chi connectivity index (χ1) is 10.4. The maximum atomic E-state index is 12.2. The molecule has 2 N–H and O–H groups in total. The molecule has 0 bridgehead atoms. The number of hydrogen-bond acceptors (Lipinski definition) is 4. The Bertz CT molecular complexity index is 748. The number of aryl methyl sites for hydroxylation is 2. The average molecular weight is 339 g/mol. The van der Waals surface area contributed by atoms with E-state index in [1.54, 1.807) is 30.5 Å². The zero-order valence-corrected chi connectivity index (χ0v) is 13.7. The van der Waals surface area contributed by atoms with Gasteiger partial charge in [-0.2, -0.15) is 0 Å². The zero-order valence-electron chi connectivity index (χ0n) is 12.1. The molecule has 0 spiro atoms. The van der Waals surface area contributed by atoms with E-state index >= 15 is 0 Å². The molecule has 1 aromatic heterocycles. The maximum absolute atomic E-state index is 12.2. The summed E-state index contributed by atoms with van der Waals surface area (Å²) in [7, 11) is -3.49. The van der Waals surface area contributed by atoms with E-state index in [9.17, 15) is 13.2 Å². The van der Waals surface area contributed by atoms with Gasteiger partial charge in [0.15, 0.2) is 0 Å². The second kappa shape index (κ2) is 7.04. The Kier molecular flexibility index (Phi) is 5.33.